The third kappa shape index (κ3) is 5.95. The van der Waals surface area contributed by atoms with E-state index in [1.54, 1.807) is 30.1 Å². The molecular formula is C24H27N3O2S. The average Bonchev–Trinajstić information content (AvgIpc) is 3.27. The van der Waals surface area contributed by atoms with Crippen molar-refractivity contribution in [2.24, 2.45) is 10.9 Å². The summed E-state index contributed by atoms with van der Waals surface area (Å²) in [5.41, 5.74) is 2.03. The van der Waals surface area contributed by atoms with E-state index in [-0.39, 0.29) is 11.9 Å². The summed E-state index contributed by atoms with van der Waals surface area (Å²) < 4.78 is 5.93. The van der Waals surface area contributed by atoms with E-state index >= 15 is 0 Å². The number of aliphatic imine (C=N–C) groups is 1. The van der Waals surface area contributed by atoms with E-state index in [9.17, 15) is 4.79 Å². The minimum Gasteiger partial charge on any atom is -0.493 e. The molecule has 1 atom stereocenters. The first kappa shape index (κ1) is 20.7. The lowest BCUT2D eigenvalue weighted by Gasteiger charge is -2.21. The zero-order chi connectivity index (χ0) is 20.6. The number of pyridine rings is 1. The third-order valence-corrected chi connectivity index (χ3v) is 6.43. The van der Waals surface area contributed by atoms with Gasteiger partial charge in [0.05, 0.1) is 12.6 Å². The molecule has 1 aromatic carbocycles. The summed E-state index contributed by atoms with van der Waals surface area (Å²) in [6, 6.07) is 11.8. The Morgan fingerprint density at radius 3 is 2.77 bits per heavy atom. The molecule has 1 unspecified atom stereocenters. The van der Waals surface area contributed by atoms with Crippen molar-refractivity contribution in [3.8, 4) is 5.75 Å². The highest BCUT2D eigenvalue weighted by Crippen LogP contribution is 2.29. The molecule has 0 radical (unpaired) electrons. The molecule has 1 aliphatic carbocycles. The maximum absolute atomic E-state index is 12.2. The molecule has 1 saturated carbocycles. The van der Waals surface area contributed by atoms with Crippen LogP contribution in [0.25, 0.3) is 6.08 Å². The molecule has 30 heavy (non-hydrogen) atoms. The highest BCUT2D eigenvalue weighted by atomic mass is 32.2. The zero-order valence-electron chi connectivity index (χ0n) is 17.0. The van der Waals surface area contributed by atoms with Crippen molar-refractivity contribution in [2.45, 2.75) is 38.1 Å². The summed E-state index contributed by atoms with van der Waals surface area (Å²) in [5.74, 6) is 2.22. The van der Waals surface area contributed by atoms with Gasteiger partial charge < -0.3 is 10.1 Å². The summed E-state index contributed by atoms with van der Waals surface area (Å²) in [7, 11) is 0. The van der Waals surface area contributed by atoms with Crippen LogP contribution >= 0.6 is 11.8 Å². The van der Waals surface area contributed by atoms with Gasteiger partial charge in [0.2, 0.25) is 5.91 Å². The number of amides is 1. The fourth-order valence-corrected chi connectivity index (χ4v) is 4.71. The molecule has 4 rings (SSSR count). The van der Waals surface area contributed by atoms with Crippen LogP contribution in [0, 0.1) is 5.92 Å². The normalized spacial score (nSPS) is 19.6. The maximum Gasteiger partial charge on any atom is 0.249 e. The minimum absolute atomic E-state index is 0.0455. The van der Waals surface area contributed by atoms with E-state index in [1.807, 2.05) is 42.6 Å². The molecule has 0 saturated heterocycles. The van der Waals surface area contributed by atoms with E-state index in [4.69, 9.17) is 4.74 Å². The van der Waals surface area contributed by atoms with Crippen LogP contribution in [0.4, 0.5) is 0 Å². The number of rotatable bonds is 6. The number of aromatic nitrogens is 1. The second-order valence-corrected chi connectivity index (χ2v) is 8.76. The van der Waals surface area contributed by atoms with Crippen molar-refractivity contribution in [3.05, 3.63) is 66.0 Å². The van der Waals surface area contributed by atoms with Gasteiger partial charge in [0, 0.05) is 24.2 Å². The van der Waals surface area contributed by atoms with Crippen LogP contribution in [-0.2, 0) is 4.79 Å². The number of nitrogens with zero attached hydrogens (tertiary/aromatic N) is 2. The van der Waals surface area contributed by atoms with Gasteiger partial charge in [-0.2, -0.15) is 0 Å². The van der Waals surface area contributed by atoms with Crippen LogP contribution in [0.1, 0.15) is 49.3 Å². The lowest BCUT2D eigenvalue weighted by molar-refractivity contribution is -0.115. The second-order valence-electron chi connectivity index (χ2n) is 7.75. The largest absolute Gasteiger partial charge is 0.493 e. The van der Waals surface area contributed by atoms with Crippen LogP contribution in [0.2, 0.25) is 0 Å². The first-order valence-electron chi connectivity index (χ1n) is 10.6. The number of carbonyl (C=O) groups excluding carboxylic acids is 1. The summed E-state index contributed by atoms with van der Waals surface area (Å²) in [4.78, 5) is 20.9. The molecule has 0 bridgehead atoms. The molecule has 6 heteroatoms. The Balaban J connectivity index is 1.25. The van der Waals surface area contributed by atoms with Gasteiger partial charge in [0.15, 0.2) is 5.17 Å². The monoisotopic (exact) mass is 421 g/mol. The van der Waals surface area contributed by atoms with Gasteiger partial charge in [0.25, 0.3) is 0 Å². The van der Waals surface area contributed by atoms with Gasteiger partial charge in [-0.15, -0.1) is 0 Å². The van der Waals surface area contributed by atoms with Gasteiger partial charge in [-0.25, -0.2) is 0 Å². The summed E-state index contributed by atoms with van der Waals surface area (Å²) in [6.45, 7) is 0.803. The lowest BCUT2D eigenvalue weighted by Crippen LogP contribution is -2.25. The molecule has 2 aliphatic rings. The van der Waals surface area contributed by atoms with Gasteiger partial charge in [-0.3, -0.25) is 14.8 Å². The number of ether oxygens (including phenoxy) is 1. The Labute approximate surface area is 182 Å². The highest BCUT2D eigenvalue weighted by Gasteiger charge is 2.20. The molecule has 1 fully saturated rings. The molecule has 2 heterocycles. The predicted octanol–water partition coefficient (Wildman–Crippen LogP) is 5.01. The Kier molecular flexibility index (Phi) is 7.19. The number of hydrogen-bond acceptors (Lipinski definition) is 5. The molecular weight excluding hydrogens is 394 g/mol. The maximum atomic E-state index is 12.2. The number of hydrogen-bond donors (Lipinski definition) is 1. The Morgan fingerprint density at radius 2 is 2.00 bits per heavy atom. The van der Waals surface area contributed by atoms with Crippen molar-refractivity contribution in [2.75, 3.05) is 12.4 Å². The molecule has 156 valence electrons. The van der Waals surface area contributed by atoms with E-state index in [1.165, 1.54) is 32.1 Å². The highest BCUT2D eigenvalue weighted by molar-refractivity contribution is 8.14. The van der Waals surface area contributed by atoms with Crippen molar-refractivity contribution < 1.29 is 9.53 Å². The van der Waals surface area contributed by atoms with Gasteiger partial charge >= 0.3 is 0 Å². The quantitative estimate of drug-likeness (QED) is 0.666. The molecule has 1 amide bonds. The molecule has 0 spiro atoms. The predicted molar refractivity (Wildman–Crippen MR) is 123 cm³/mol. The molecule has 5 nitrogen and oxygen atoms in total. The fraction of sp³-hybridized carbons (Fsp3) is 0.375. The van der Waals surface area contributed by atoms with Crippen LogP contribution in [-0.4, -0.2) is 28.4 Å². The van der Waals surface area contributed by atoms with Gasteiger partial charge in [-0.1, -0.05) is 49.2 Å². The number of carbonyl (C=O) groups is 1. The van der Waals surface area contributed by atoms with Crippen molar-refractivity contribution in [1.82, 2.24) is 10.3 Å². The molecule has 1 aromatic heterocycles. The second kappa shape index (κ2) is 10.4. The lowest BCUT2D eigenvalue weighted by atomic mass is 9.90. The van der Waals surface area contributed by atoms with Gasteiger partial charge in [-0.05, 0) is 54.2 Å². The van der Waals surface area contributed by atoms with Crippen LogP contribution in [0.5, 0.6) is 5.75 Å². The first-order chi connectivity index (χ1) is 14.8. The Morgan fingerprint density at radius 1 is 1.17 bits per heavy atom. The van der Waals surface area contributed by atoms with E-state index < -0.39 is 0 Å². The summed E-state index contributed by atoms with van der Waals surface area (Å²) in [5, 5.41) is 3.52. The number of amidine groups is 1. The topological polar surface area (TPSA) is 63.6 Å². The van der Waals surface area contributed by atoms with Crippen LogP contribution in [0.3, 0.4) is 0 Å². The number of benzene rings is 1. The number of thioether (sulfide) groups is 1. The standard InChI is InChI=1S/C24H27N3O2S/c28-23(27-24-26-22(17-30-24)20-7-4-14-25-15-20)13-10-18-8-11-21(12-9-18)29-16-19-5-2-1-3-6-19/h4,7-15,19,22H,1-3,5-6,16-17H2,(H,26,27,28)/b13-10+. The van der Waals surface area contributed by atoms with E-state index in [2.05, 4.69) is 15.3 Å². The van der Waals surface area contributed by atoms with E-state index in [0.717, 1.165) is 29.2 Å². The minimum atomic E-state index is -0.175. The fourth-order valence-electron chi connectivity index (χ4n) is 3.75. The van der Waals surface area contributed by atoms with Crippen LogP contribution < -0.4 is 10.1 Å². The average molecular weight is 422 g/mol. The summed E-state index contributed by atoms with van der Waals surface area (Å²) >= 11 is 1.55. The number of nitrogens with one attached hydrogen (secondary N) is 1. The van der Waals surface area contributed by atoms with Crippen LogP contribution in [0.15, 0.2) is 59.9 Å². The third-order valence-electron chi connectivity index (χ3n) is 5.47. The van der Waals surface area contributed by atoms with E-state index in [0.29, 0.717) is 11.1 Å². The molecule has 1 aliphatic heterocycles. The molecule has 2 aromatic rings. The Hall–Kier alpha value is -2.60. The SMILES string of the molecule is O=C(/C=C/c1ccc(OCC2CCCCC2)cc1)NC1=NC(c2cccnc2)CS1. The first-order valence-corrected chi connectivity index (χ1v) is 11.6. The molecule has 1 N–H and O–H groups in total. The Bertz CT molecular complexity index is 890. The van der Waals surface area contributed by atoms with Crippen molar-refractivity contribution in [1.29, 1.82) is 0 Å². The van der Waals surface area contributed by atoms with Crippen molar-refractivity contribution in [3.63, 3.8) is 0 Å². The van der Waals surface area contributed by atoms with Gasteiger partial charge in [0.1, 0.15) is 5.75 Å². The smallest absolute Gasteiger partial charge is 0.249 e. The van der Waals surface area contributed by atoms with Crippen molar-refractivity contribution >= 4 is 28.9 Å². The zero-order valence-corrected chi connectivity index (χ0v) is 17.8. The summed E-state index contributed by atoms with van der Waals surface area (Å²) in [6.07, 6.45) is 13.5.